The lowest BCUT2D eigenvalue weighted by molar-refractivity contribution is -0.139. The second kappa shape index (κ2) is 6.75. The molecule has 9 heteroatoms. The fourth-order valence-electron chi connectivity index (χ4n) is 2.04. The van der Waals surface area contributed by atoms with Crippen molar-refractivity contribution in [3.8, 4) is 5.75 Å². The van der Waals surface area contributed by atoms with Gasteiger partial charge in [-0.05, 0) is 18.6 Å². The maximum absolute atomic E-state index is 11.9. The van der Waals surface area contributed by atoms with Gasteiger partial charge in [-0.15, -0.1) is 0 Å². The number of nitrogens with one attached hydrogen (secondary N) is 1. The fourth-order valence-corrected chi connectivity index (χ4v) is 3.51. The van der Waals surface area contributed by atoms with E-state index in [0.717, 1.165) is 4.31 Å². The zero-order valence-corrected chi connectivity index (χ0v) is 12.5. The summed E-state index contributed by atoms with van der Waals surface area (Å²) >= 11 is 0. The number of carboxylic acids is 1. The van der Waals surface area contributed by atoms with E-state index in [4.69, 9.17) is 9.84 Å². The van der Waals surface area contributed by atoms with E-state index in [9.17, 15) is 18.0 Å². The lowest BCUT2D eigenvalue weighted by Gasteiger charge is -2.14. The molecule has 1 fully saturated rings. The van der Waals surface area contributed by atoms with E-state index in [-0.39, 0.29) is 12.3 Å². The number of hydrogen-bond acceptors (Lipinski definition) is 5. The van der Waals surface area contributed by atoms with Crippen LogP contribution in [0.3, 0.4) is 0 Å². The molecule has 1 aliphatic heterocycles. The topological polar surface area (TPSA) is 113 Å². The largest absolute Gasteiger partial charge is 0.482 e. The minimum absolute atomic E-state index is 0.0682. The summed E-state index contributed by atoms with van der Waals surface area (Å²) in [5.41, 5.74) is 0.407. The summed E-state index contributed by atoms with van der Waals surface area (Å²) in [7, 11) is -3.32. The van der Waals surface area contributed by atoms with E-state index in [2.05, 4.69) is 5.32 Å². The van der Waals surface area contributed by atoms with Crippen LogP contribution in [0.15, 0.2) is 24.3 Å². The SMILES string of the molecule is O=C(O)COc1cccc(NC(=O)CN2CCCS2(=O)=O)c1. The van der Waals surface area contributed by atoms with Gasteiger partial charge in [-0.25, -0.2) is 13.2 Å². The van der Waals surface area contributed by atoms with Gasteiger partial charge in [0.25, 0.3) is 0 Å². The normalized spacial score (nSPS) is 17.1. The van der Waals surface area contributed by atoms with Gasteiger partial charge in [-0.2, -0.15) is 4.31 Å². The summed E-state index contributed by atoms with van der Waals surface area (Å²) in [5.74, 6) is -1.19. The first-order valence-corrected chi connectivity index (χ1v) is 8.20. The van der Waals surface area contributed by atoms with Crippen molar-refractivity contribution in [2.24, 2.45) is 0 Å². The minimum Gasteiger partial charge on any atom is -0.482 e. The number of carbonyl (C=O) groups excluding carboxylic acids is 1. The van der Waals surface area contributed by atoms with Crippen molar-refractivity contribution >= 4 is 27.6 Å². The van der Waals surface area contributed by atoms with Gasteiger partial charge in [-0.1, -0.05) is 6.07 Å². The fraction of sp³-hybridized carbons (Fsp3) is 0.385. The number of carbonyl (C=O) groups is 2. The molecular formula is C13H16N2O6S. The van der Waals surface area contributed by atoms with Crippen LogP contribution < -0.4 is 10.1 Å². The van der Waals surface area contributed by atoms with Crippen LogP contribution in [-0.2, 0) is 19.6 Å². The molecule has 0 bridgehead atoms. The number of nitrogens with zero attached hydrogens (tertiary/aromatic N) is 1. The Kier molecular flexibility index (Phi) is 4.99. The van der Waals surface area contributed by atoms with E-state index in [1.54, 1.807) is 18.2 Å². The zero-order chi connectivity index (χ0) is 16.2. The molecule has 0 saturated carbocycles. The summed E-state index contributed by atoms with van der Waals surface area (Å²) in [6.07, 6.45) is 0.522. The van der Waals surface area contributed by atoms with Gasteiger partial charge in [0.2, 0.25) is 15.9 Å². The molecule has 0 atom stereocenters. The highest BCUT2D eigenvalue weighted by atomic mass is 32.2. The van der Waals surface area contributed by atoms with Crippen LogP contribution >= 0.6 is 0 Å². The minimum atomic E-state index is -3.32. The summed E-state index contributed by atoms with van der Waals surface area (Å²) in [4.78, 5) is 22.3. The quantitative estimate of drug-likeness (QED) is 0.767. The molecule has 0 aromatic heterocycles. The zero-order valence-electron chi connectivity index (χ0n) is 11.7. The molecule has 2 N–H and O–H groups in total. The standard InChI is InChI=1S/C13H16N2O6S/c16-12(8-15-5-2-6-22(15,19)20)14-10-3-1-4-11(7-10)21-9-13(17)18/h1,3-4,7H,2,5-6,8-9H2,(H,14,16)(H,17,18). The summed E-state index contributed by atoms with van der Waals surface area (Å²) in [6, 6.07) is 6.23. The van der Waals surface area contributed by atoms with E-state index in [0.29, 0.717) is 24.4 Å². The van der Waals surface area contributed by atoms with Crippen molar-refractivity contribution in [2.75, 3.05) is 30.8 Å². The first-order valence-electron chi connectivity index (χ1n) is 6.59. The number of rotatable bonds is 6. The number of ether oxygens (including phenoxy) is 1. The molecule has 22 heavy (non-hydrogen) atoms. The Morgan fingerprint density at radius 1 is 1.36 bits per heavy atom. The Morgan fingerprint density at radius 3 is 2.77 bits per heavy atom. The van der Waals surface area contributed by atoms with E-state index in [1.807, 2.05) is 0 Å². The van der Waals surface area contributed by atoms with Crippen molar-refractivity contribution in [2.45, 2.75) is 6.42 Å². The highest BCUT2D eigenvalue weighted by molar-refractivity contribution is 7.89. The molecule has 1 aromatic carbocycles. The number of sulfonamides is 1. The average Bonchev–Trinajstić information content (AvgIpc) is 2.76. The van der Waals surface area contributed by atoms with Crippen molar-refractivity contribution in [1.29, 1.82) is 0 Å². The summed E-state index contributed by atoms with van der Waals surface area (Å²) in [6.45, 7) is -0.372. The third-order valence-electron chi connectivity index (χ3n) is 3.00. The van der Waals surface area contributed by atoms with Gasteiger partial charge in [0.1, 0.15) is 5.75 Å². The van der Waals surface area contributed by atoms with Gasteiger partial charge in [-0.3, -0.25) is 4.79 Å². The second-order valence-corrected chi connectivity index (χ2v) is 6.85. The maximum atomic E-state index is 11.9. The average molecular weight is 328 g/mol. The van der Waals surface area contributed by atoms with E-state index in [1.165, 1.54) is 6.07 Å². The van der Waals surface area contributed by atoms with Crippen LogP contribution in [0.4, 0.5) is 5.69 Å². The molecule has 8 nitrogen and oxygen atoms in total. The molecule has 120 valence electrons. The molecule has 0 spiro atoms. The van der Waals surface area contributed by atoms with Gasteiger partial charge in [0.05, 0.1) is 12.3 Å². The van der Waals surface area contributed by atoms with Crippen LogP contribution in [0, 0.1) is 0 Å². The van der Waals surface area contributed by atoms with Crippen molar-refractivity contribution in [3.63, 3.8) is 0 Å². The lowest BCUT2D eigenvalue weighted by atomic mass is 10.3. The highest BCUT2D eigenvalue weighted by Gasteiger charge is 2.29. The molecule has 1 aliphatic rings. The van der Waals surface area contributed by atoms with Crippen LogP contribution in [0.1, 0.15) is 6.42 Å². The Balaban J connectivity index is 1.94. The third-order valence-corrected chi connectivity index (χ3v) is 4.91. The Bertz CT molecular complexity index is 673. The van der Waals surface area contributed by atoms with Crippen LogP contribution in [-0.4, -0.2) is 55.2 Å². The molecule has 0 aliphatic carbocycles. The summed E-state index contributed by atoms with van der Waals surface area (Å²) in [5, 5.41) is 11.1. The number of carboxylic acid groups (broad SMARTS) is 1. The van der Waals surface area contributed by atoms with Crippen LogP contribution in [0.5, 0.6) is 5.75 Å². The molecule has 1 aromatic rings. The summed E-state index contributed by atoms with van der Waals surface area (Å²) < 4.78 is 29.4. The lowest BCUT2D eigenvalue weighted by Crippen LogP contribution is -2.34. The monoisotopic (exact) mass is 328 g/mol. The Labute approximate surface area is 127 Å². The number of anilines is 1. The second-order valence-electron chi connectivity index (χ2n) is 4.76. The Hall–Kier alpha value is -2.13. The van der Waals surface area contributed by atoms with Gasteiger partial charge in [0.15, 0.2) is 6.61 Å². The highest BCUT2D eigenvalue weighted by Crippen LogP contribution is 2.18. The van der Waals surface area contributed by atoms with E-state index < -0.39 is 28.5 Å². The number of benzene rings is 1. The molecular weight excluding hydrogens is 312 g/mol. The smallest absolute Gasteiger partial charge is 0.341 e. The number of aliphatic carboxylic acids is 1. The molecule has 1 amide bonds. The van der Waals surface area contributed by atoms with Crippen LogP contribution in [0.2, 0.25) is 0 Å². The third kappa shape index (κ3) is 4.43. The van der Waals surface area contributed by atoms with Gasteiger partial charge in [0, 0.05) is 18.3 Å². The van der Waals surface area contributed by atoms with Crippen molar-refractivity contribution < 1.29 is 27.9 Å². The van der Waals surface area contributed by atoms with Crippen LogP contribution in [0.25, 0.3) is 0 Å². The first-order chi connectivity index (χ1) is 10.4. The number of hydrogen-bond donors (Lipinski definition) is 2. The maximum Gasteiger partial charge on any atom is 0.341 e. The predicted molar refractivity (Wildman–Crippen MR) is 78.2 cm³/mol. The molecule has 0 radical (unpaired) electrons. The van der Waals surface area contributed by atoms with Crippen molar-refractivity contribution in [3.05, 3.63) is 24.3 Å². The van der Waals surface area contributed by atoms with Gasteiger partial charge < -0.3 is 15.2 Å². The molecule has 2 rings (SSSR count). The predicted octanol–water partition coefficient (Wildman–Crippen LogP) is 0.124. The number of amides is 1. The van der Waals surface area contributed by atoms with E-state index >= 15 is 0 Å². The molecule has 0 unspecified atom stereocenters. The first kappa shape index (κ1) is 16.2. The van der Waals surface area contributed by atoms with Gasteiger partial charge >= 0.3 is 5.97 Å². The molecule has 1 heterocycles. The molecule has 1 saturated heterocycles. The Morgan fingerprint density at radius 2 is 2.14 bits per heavy atom. The van der Waals surface area contributed by atoms with Crippen molar-refractivity contribution in [1.82, 2.24) is 4.31 Å².